The van der Waals surface area contributed by atoms with Crippen LogP contribution >= 0.6 is 0 Å². The second-order valence-electron chi connectivity index (χ2n) is 8.85. The molecule has 0 saturated carbocycles. The fourth-order valence-corrected chi connectivity index (χ4v) is 4.29. The van der Waals surface area contributed by atoms with Crippen molar-refractivity contribution in [2.45, 2.75) is 51.4 Å². The van der Waals surface area contributed by atoms with Crippen molar-refractivity contribution < 1.29 is 9.18 Å². The number of aromatic amines is 1. The number of benzene rings is 1. The van der Waals surface area contributed by atoms with Crippen molar-refractivity contribution in [2.75, 3.05) is 19.6 Å². The van der Waals surface area contributed by atoms with Gasteiger partial charge in [0.05, 0.1) is 24.2 Å². The number of rotatable bonds is 4. The molecule has 4 heterocycles. The molecule has 3 aliphatic rings. The molecule has 2 unspecified atom stereocenters. The number of piperazine rings is 1. The summed E-state index contributed by atoms with van der Waals surface area (Å²) in [6.07, 6.45) is 1.11. The molecule has 2 atom stereocenters. The zero-order valence-corrected chi connectivity index (χ0v) is 16.4. The first kappa shape index (κ1) is 18.8. The highest BCUT2D eigenvalue weighted by Gasteiger charge is 2.45. The van der Waals surface area contributed by atoms with Gasteiger partial charge < -0.3 is 10.3 Å². The minimum atomic E-state index is -0.442. The number of fused-ring (bicyclic) bond motifs is 3. The molecule has 3 fully saturated rings. The maximum atomic E-state index is 13.6. The van der Waals surface area contributed by atoms with E-state index in [0.717, 1.165) is 25.3 Å². The molecule has 7 nitrogen and oxygen atoms in total. The Balaban J connectivity index is 1.38. The van der Waals surface area contributed by atoms with Gasteiger partial charge in [0.1, 0.15) is 23.2 Å². The van der Waals surface area contributed by atoms with E-state index in [1.807, 2.05) is 26.8 Å². The second-order valence-corrected chi connectivity index (χ2v) is 8.85. The van der Waals surface area contributed by atoms with Gasteiger partial charge in [-0.15, -0.1) is 0 Å². The molecule has 2 aromatic rings. The molecule has 3 saturated heterocycles. The topological polar surface area (TPSA) is 88.1 Å². The zero-order valence-electron chi connectivity index (χ0n) is 16.4. The average Bonchev–Trinajstić information content (AvgIpc) is 2.99. The number of halogens is 1. The number of carbonyl (C=O) groups excluding carboxylic acids is 1. The standard InChI is InChI=1S/C20H25FN6O/c1-20(2,3)25-18(28)11-27-14-6-15(27)9-26(8-14)10-17-23-16-5-13(21)4-12(7-22)19(16)24-17/h4-5,14-15H,6,8-11H2,1-3H3,(H,23,24)(H,25,28). The third-order valence-electron chi connectivity index (χ3n) is 5.35. The van der Waals surface area contributed by atoms with Crippen LogP contribution in [0.1, 0.15) is 38.6 Å². The summed E-state index contributed by atoms with van der Waals surface area (Å²) in [4.78, 5) is 24.4. The maximum Gasteiger partial charge on any atom is 0.234 e. The van der Waals surface area contributed by atoms with Gasteiger partial charge in [-0.05, 0) is 39.3 Å². The van der Waals surface area contributed by atoms with E-state index in [1.54, 1.807) is 0 Å². The van der Waals surface area contributed by atoms with E-state index < -0.39 is 5.82 Å². The molecule has 28 heavy (non-hydrogen) atoms. The number of H-pyrrole nitrogens is 1. The highest BCUT2D eigenvalue weighted by atomic mass is 19.1. The molecule has 0 aliphatic carbocycles. The summed E-state index contributed by atoms with van der Waals surface area (Å²) in [6, 6.07) is 5.34. The molecule has 1 amide bonds. The van der Waals surface area contributed by atoms with Gasteiger partial charge in [0.15, 0.2) is 0 Å². The van der Waals surface area contributed by atoms with Gasteiger partial charge in [-0.3, -0.25) is 14.6 Å². The predicted molar refractivity (Wildman–Crippen MR) is 103 cm³/mol. The molecule has 0 radical (unpaired) electrons. The van der Waals surface area contributed by atoms with Crippen LogP contribution in [0.3, 0.4) is 0 Å². The maximum absolute atomic E-state index is 13.6. The average molecular weight is 384 g/mol. The quantitative estimate of drug-likeness (QED) is 0.839. The van der Waals surface area contributed by atoms with Crippen LogP contribution in [0.15, 0.2) is 12.1 Å². The number of hydrogen-bond donors (Lipinski definition) is 2. The van der Waals surface area contributed by atoms with Gasteiger partial charge >= 0.3 is 0 Å². The van der Waals surface area contributed by atoms with Crippen LogP contribution in [-0.2, 0) is 11.3 Å². The van der Waals surface area contributed by atoms with Crippen LogP contribution in [0.4, 0.5) is 4.39 Å². The highest BCUT2D eigenvalue weighted by Crippen LogP contribution is 2.32. The van der Waals surface area contributed by atoms with E-state index in [1.165, 1.54) is 12.1 Å². The van der Waals surface area contributed by atoms with Crippen molar-refractivity contribution in [3.05, 3.63) is 29.3 Å². The Labute approximate surface area is 163 Å². The number of nitriles is 1. The lowest BCUT2D eigenvalue weighted by Gasteiger charge is -2.56. The predicted octanol–water partition coefficient (Wildman–Crippen LogP) is 1.75. The Morgan fingerprint density at radius 1 is 1.39 bits per heavy atom. The van der Waals surface area contributed by atoms with E-state index in [-0.39, 0.29) is 17.0 Å². The largest absolute Gasteiger partial charge is 0.350 e. The van der Waals surface area contributed by atoms with Crippen LogP contribution in [0, 0.1) is 17.1 Å². The van der Waals surface area contributed by atoms with Crippen molar-refractivity contribution in [3.63, 3.8) is 0 Å². The molecule has 2 bridgehead atoms. The van der Waals surface area contributed by atoms with Crippen molar-refractivity contribution in [3.8, 4) is 6.07 Å². The van der Waals surface area contributed by atoms with Gasteiger partial charge in [0, 0.05) is 30.7 Å². The Bertz CT molecular complexity index is 944. The smallest absolute Gasteiger partial charge is 0.234 e. The van der Waals surface area contributed by atoms with Gasteiger partial charge in [-0.25, -0.2) is 9.37 Å². The lowest BCUT2D eigenvalue weighted by molar-refractivity contribution is -0.132. The van der Waals surface area contributed by atoms with Gasteiger partial charge in [-0.1, -0.05) is 0 Å². The number of amides is 1. The Kier molecular flexibility index (Phi) is 4.60. The molecule has 2 N–H and O–H groups in total. The van der Waals surface area contributed by atoms with Gasteiger partial charge in [-0.2, -0.15) is 5.26 Å². The summed E-state index contributed by atoms with van der Waals surface area (Å²) in [5.74, 6) is 0.358. The van der Waals surface area contributed by atoms with Crippen molar-refractivity contribution in [2.24, 2.45) is 0 Å². The van der Waals surface area contributed by atoms with Crippen molar-refractivity contribution in [1.82, 2.24) is 25.1 Å². The third-order valence-corrected chi connectivity index (χ3v) is 5.35. The second kappa shape index (κ2) is 6.83. The molecule has 5 rings (SSSR count). The molecule has 3 aliphatic heterocycles. The van der Waals surface area contributed by atoms with Gasteiger partial charge in [0.2, 0.25) is 5.91 Å². The van der Waals surface area contributed by atoms with E-state index in [2.05, 4.69) is 25.1 Å². The van der Waals surface area contributed by atoms with Crippen LogP contribution < -0.4 is 5.32 Å². The minimum absolute atomic E-state index is 0.0685. The van der Waals surface area contributed by atoms with Crippen LogP contribution in [0.25, 0.3) is 11.0 Å². The third kappa shape index (κ3) is 3.73. The summed E-state index contributed by atoms with van der Waals surface area (Å²) < 4.78 is 13.6. The first-order chi connectivity index (χ1) is 13.2. The van der Waals surface area contributed by atoms with E-state index in [4.69, 9.17) is 0 Å². The number of piperidine rings is 1. The normalized spacial score (nSPS) is 22.7. The lowest BCUT2D eigenvalue weighted by atomic mass is 9.87. The number of carbonyl (C=O) groups is 1. The van der Waals surface area contributed by atoms with E-state index in [0.29, 0.717) is 36.2 Å². The number of nitrogens with one attached hydrogen (secondary N) is 2. The van der Waals surface area contributed by atoms with Gasteiger partial charge in [0.25, 0.3) is 0 Å². The van der Waals surface area contributed by atoms with Crippen LogP contribution in [0.5, 0.6) is 0 Å². The summed E-state index contributed by atoms with van der Waals surface area (Å²) in [5, 5.41) is 12.2. The highest BCUT2D eigenvalue weighted by molar-refractivity contribution is 5.81. The van der Waals surface area contributed by atoms with Crippen molar-refractivity contribution in [1.29, 1.82) is 5.26 Å². The SMILES string of the molecule is CC(C)(C)NC(=O)CN1C2CC1CN(Cc1nc3c(C#N)cc(F)cc3[nH]1)C2. The first-order valence-corrected chi connectivity index (χ1v) is 9.59. The Morgan fingerprint density at radius 3 is 2.75 bits per heavy atom. The van der Waals surface area contributed by atoms with Crippen molar-refractivity contribution >= 4 is 16.9 Å². The molecule has 1 aromatic heterocycles. The van der Waals surface area contributed by atoms with E-state index in [9.17, 15) is 14.4 Å². The summed E-state index contributed by atoms with van der Waals surface area (Å²) in [7, 11) is 0. The minimum Gasteiger partial charge on any atom is -0.350 e. The number of hydrogen-bond acceptors (Lipinski definition) is 5. The van der Waals surface area contributed by atoms with E-state index >= 15 is 0 Å². The molecule has 0 spiro atoms. The fraction of sp³-hybridized carbons (Fsp3) is 0.550. The number of nitrogens with zero attached hydrogens (tertiary/aromatic N) is 4. The first-order valence-electron chi connectivity index (χ1n) is 9.59. The Hall–Kier alpha value is -2.50. The number of imidazole rings is 1. The molecule has 8 heteroatoms. The molecular weight excluding hydrogens is 359 g/mol. The Morgan fingerprint density at radius 2 is 2.11 bits per heavy atom. The number of aromatic nitrogens is 2. The summed E-state index contributed by atoms with van der Waals surface area (Å²) in [6.45, 7) is 8.76. The molecule has 148 valence electrons. The zero-order chi connectivity index (χ0) is 20.1. The molecule has 1 aromatic carbocycles. The van der Waals surface area contributed by atoms with Crippen LogP contribution in [0.2, 0.25) is 0 Å². The summed E-state index contributed by atoms with van der Waals surface area (Å²) in [5.41, 5.74) is 1.09. The fourth-order valence-electron chi connectivity index (χ4n) is 4.29. The molecular formula is C20H25FN6O. The monoisotopic (exact) mass is 384 g/mol. The van der Waals surface area contributed by atoms with Crippen LogP contribution in [-0.4, -0.2) is 62.9 Å². The lowest BCUT2D eigenvalue weighted by Crippen LogP contribution is -2.69. The summed E-state index contributed by atoms with van der Waals surface area (Å²) >= 11 is 0.